The number of aromatic nitrogens is 2. The fraction of sp³-hybridized carbons (Fsp3) is 0.522. The summed E-state index contributed by atoms with van der Waals surface area (Å²) in [6, 6.07) is 10.2. The van der Waals surface area contributed by atoms with Crippen LogP contribution in [0.25, 0.3) is 5.69 Å². The second kappa shape index (κ2) is 11.6. The standard InChI is InChI=1S/C23H33N7O.HI/c1-19(22(31)28-10-3-4-11-28)27-13-15-29(16-14-27)23(24-2)25-18-20-7-5-8-21(17-20)30-12-6-9-26-30;/h5-9,12,17,19H,3-4,10-11,13-16,18H2,1-2H3,(H,24,25);1H. The van der Waals surface area contributed by atoms with Crippen LogP contribution in [0, 0.1) is 0 Å². The van der Waals surface area contributed by atoms with E-state index in [-0.39, 0.29) is 35.9 Å². The van der Waals surface area contributed by atoms with E-state index in [9.17, 15) is 4.79 Å². The zero-order valence-corrected chi connectivity index (χ0v) is 21.3. The number of hydrogen-bond donors (Lipinski definition) is 1. The van der Waals surface area contributed by atoms with Gasteiger partial charge in [0.1, 0.15) is 0 Å². The lowest BCUT2D eigenvalue weighted by Gasteiger charge is -2.39. The number of nitrogens with one attached hydrogen (secondary N) is 1. The number of nitrogens with zero attached hydrogens (tertiary/aromatic N) is 6. The molecule has 2 aliphatic rings. The van der Waals surface area contributed by atoms with Gasteiger partial charge < -0.3 is 15.1 Å². The molecule has 0 aliphatic carbocycles. The second-order valence-corrected chi connectivity index (χ2v) is 8.25. The average molecular weight is 551 g/mol. The third kappa shape index (κ3) is 5.80. The first-order chi connectivity index (χ1) is 15.2. The molecule has 3 heterocycles. The maximum absolute atomic E-state index is 12.7. The number of aliphatic imine (C=N–C) groups is 1. The van der Waals surface area contributed by atoms with Gasteiger partial charge in [0.05, 0.1) is 11.7 Å². The van der Waals surface area contributed by atoms with Gasteiger partial charge in [0, 0.05) is 65.3 Å². The van der Waals surface area contributed by atoms with E-state index < -0.39 is 0 Å². The van der Waals surface area contributed by atoms with Gasteiger partial charge in [-0.1, -0.05) is 12.1 Å². The van der Waals surface area contributed by atoms with Crippen LogP contribution in [0.15, 0.2) is 47.7 Å². The zero-order valence-electron chi connectivity index (χ0n) is 19.0. The lowest BCUT2D eigenvalue weighted by Crippen LogP contribution is -2.57. The minimum Gasteiger partial charge on any atom is -0.352 e. The monoisotopic (exact) mass is 551 g/mol. The minimum absolute atomic E-state index is 0. The summed E-state index contributed by atoms with van der Waals surface area (Å²) in [5, 5.41) is 7.80. The van der Waals surface area contributed by atoms with Crippen LogP contribution in [-0.2, 0) is 11.3 Å². The Hall–Kier alpha value is -2.14. The van der Waals surface area contributed by atoms with Gasteiger partial charge >= 0.3 is 0 Å². The molecule has 1 amide bonds. The van der Waals surface area contributed by atoms with E-state index in [2.05, 4.69) is 50.3 Å². The van der Waals surface area contributed by atoms with E-state index in [0.717, 1.165) is 63.8 Å². The third-order valence-corrected chi connectivity index (χ3v) is 6.28. The number of carbonyl (C=O) groups is 1. The highest BCUT2D eigenvalue weighted by molar-refractivity contribution is 14.0. The minimum atomic E-state index is -0.0414. The number of piperazine rings is 1. The van der Waals surface area contributed by atoms with Crippen molar-refractivity contribution in [3.05, 3.63) is 48.3 Å². The van der Waals surface area contributed by atoms with E-state index in [1.807, 2.05) is 35.0 Å². The first kappa shape index (κ1) is 24.5. The Kier molecular flexibility index (Phi) is 8.92. The first-order valence-corrected chi connectivity index (χ1v) is 11.2. The van der Waals surface area contributed by atoms with E-state index in [1.165, 1.54) is 5.56 Å². The fourth-order valence-corrected chi connectivity index (χ4v) is 4.42. The smallest absolute Gasteiger partial charge is 0.239 e. The molecular formula is C23H34IN7O. The summed E-state index contributed by atoms with van der Waals surface area (Å²) in [5.74, 6) is 1.19. The van der Waals surface area contributed by atoms with Crippen LogP contribution in [0.1, 0.15) is 25.3 Å². The van der Waals surface area contributed by atoms with Crippen LogP contribution in [0.2, 0.25) is 0 Å². The van der Waals surface area contributed by atoms with Crippen molar-refractivity contribution in [2.24, 2.45) is 4.99 Å². The van der Waals surface area contributed by atoms with Gasteiger partial charge in [-0.3, -0.25) is 14.7 Å². The van der Waals surface area contributed by atoms with Gasteiger partial charge in [0.15, 0.2) is 5.96 Å². The molecule has 0 spiro atoms. The largest absolute Gasteiger partial charge is 0.352 e. The van der Waals surface area contributed by atoms with Crippen LogP contribution in [-0.4, -0.2) is 88.7 Å². The number of amides is 1. The third-order valence-electron chi connectivity index (χ3n) is 6.28. The Morgan fingerprint density at radius 2 is 1.84 bits per heavy atom. The highest BCUT2D eigenvalue weighted by Crippen LogP contribution is 2.14. The molecule has 2 aromatic rings. The number of hydrogen-bond acceptors (Lipinski definition) is 4. The lowest BCUT2D eigenvalue weighted by molar-refractivity contribution is -0.135. The molecule has 1 aromatic heterocycles. The summed E-state index contributed by atoms with van der Waals surface area (Å²) in [5.41, 5.74) is 2.22. The van der Waals surface area contributed by atoms with Crippen molar-refractivity contribution in [2.75, 3.05) is 46.3 Å². The van der Waals surface area contributed by atoms with E-state index in [0.29, 0.717) is 6.54 Å². The predicted octanol–water partition coefficient (Wildman–Crippen LogP) is 2.19. The number of carbonyl (C=O) groups excluding carboxylic acids is 1. The van der Waals surface area contributed by atoms with Crippen LogP contribution >= 0.6 is 24.0 Å². The molecule has 2 aliphatic heterocycles. The first-order valence-electron chi connectivity index (χ1n) is 11.2. The topological polar surface area (TPSA) is 69.0 Å². The molecule has 1 atom stereocenters. The van der Waals surface area contributed by atoms with Gasteiger partial charge in [-0.2, -0.15) is 5.10 Å². The molecule has 32 heavy (non-hydrogen) atoms. The van der Waals surface area contributed by atoms with Gasteiger partial charge in [-0.25, -0.2) is 4.68 Å². The van der Waals surface area contributed by atoms with Crippen LogP contribution < -0.4 is 5.32 Å². The quantitative estimate of drug-likeness (QED) is 0.351. The Bertz CT molecular complexity index is 888. The van der Waals surface area contributed by atoms with E-state index in [1.54, 1.807) is 6.20 Å². The number of guanidine groups is 1. The Morgan fingerprint density at radius 1 is 1.09 bits per heavy atom. The normalized spacial score (nSPS) is 18.4. The molecule has 0 bridgehead atoms. The molecule has 0 saturated carbocycles. The van der Waals surface area contributed by atoms with Crippen molar-refractivity contribution < 1.29 is 4.79 Å². The maximum atomic E-state index is 12.7. The molecule has 174 valence electrons. The molecule has 1 aromatic carbocycles. The molecule has 1 unspecified atom stereocenters. The highest BCUT2D eigenvalue weighted by atomic mass is 127. The number of rotatable bonds is 5. The van der Waals surface area contributed by atoms with Crippen molar-refractivity contribution in [2.45, 2.75) is 32.4 Å². The maximum Gasteiger partial charge on any atom is 0.239 e. The van der Waals surface area contributed by atoms with Crippen molar-refractivity contribution in [1.82, 2.24) is 29.8 Å². The lowest BCUT2D eigenvalue weighted by atomic mass is 10.2. The van der Waals surface area contributed by atoms with E-state index >= 15 is 0 Å². The van der Waals surface area contributed by atoms with E-state index in [4.69, 9.17) is 0 Å². The summed E-state index contributed by atoms with van der Waals surface area (Å²) in [7, 11) is 1.83. The van der Waals surface area contributed by atoms with Crippen molar-refractivity contribution in [3.8, 4) is 5.69 Å². The van der Waals surface area contributed by atoms with Gasteiger partial charge in [0.2, 0.25) is 5.91 Å². The summed E-state index contributed by atoms with van der Waals surface area (Å²) in [4.78, 5) is 23.8. The fourth-order valence-electron chi connectivity index (χ4n) is 4.42. The number of benzene rings is 1. The summed E-state index contributed by atoms with van der Waals surface area (Å²) in [6.07, 6.45) is 6.00. The average Bonchev–Trinajstić information content (AvgIpc) is 3.54. The summed E-state index contributed by atoms with van der Waals surface area (Å²) >= 11 is 0. The zero-order chi connectivity index (χ0) is 21.6. The molecule has 2 saturated heterocycles. The van der Waals surface area contributed by atoms with Crippen LogP contribution in [0.3, 0.4) is 0 Å². The van der Waals surface area contributed by atoms with Crippen LogP contribution in [0.5, 0.6) is 0 Å². The molecular weight excluding hydrogens is 517 g/mol. The second-order valence-electron chi connectivity index (χ2n) is 8.25. The summed E-state index contributed by atoms with van der Waals surface area (Å²) in [6.45, 7) is 8.06. The van der Waals surface area contributed by atoms with Gasteiger partial charge in [0.25, 0.3) is 0 Å². The summed E-state index contributed by atoms with van der Waals surface area (Å²) < 4.78 is 1.86. The molecule has 9 heteroatoms. The predicted molar refractivity (Wildman–Crippen MR) is 138 cm³/mol. The van der Waals surface area contributed by atoms with Gasteiger partial charge in [-0.15, -0.1) is 24.0 Å². The SMILES string of the molecule is CN=C(NCc1cccc(-n2cccn2)c1)N1CCN(C(C)C(=O)N2CCCC2)CC1.I. The van der Waals surface area contributed by atoms with Crippen LogP contribution in [0.4, 0.5) is 0 Å². The Balaban J connectivity index is 0.00000289. The van der Waals surface area contributed by atoms with Gasteiger partial charge in [-0.05, 0) is 43.5 Å². The van der Waals surface area contributed by atoms with Crippen molar-refractivity contribution in [1.29, 1.82) is 0 Å². The molecule has 8 nitrogen and oxygen atoms in total. The van der Waals surface area contributed by atoms with Crippen molar-refractivity contribution >= 4 is 35.8 Å². The molecule has 0 radical (unpaired) electrons. The molecule has 4 rings (SSSR count). The number of likely N-dealkylation sites (tertiary alicyclic amines) is 1. The molecule has 2 fully saturated rings. The Morgan fingerprint density at radius 3 is 2.50 bits per heavy atom. The number of halogens is 1. The highest BCUT2D eigenvalue weighted by Gasteiger charge is 2.30. The Labute approximate surface area is 207 Å². The van der Waals surface area contributed by atoms with Crippen molar-refractivity contribution in [3.63, 3.8) is 0 Å². The molecule has 1 N–H and O–H groups in total.